The normalized spacial score (nSPS) is 17.5. The maximum atomic E-state index is 12.2. The van der Waals surface area contributed by atoms with E-state index in [9.17, 15) is 19.2 Å². The molecule has 1 fully saturated rings. The van der Waals surface area contributed by atoms with Gasteiger partial charge in [-0.1, -0.05) is 6.07 Å². The van der Waals surface area contributed by atoms with Gasteiger partial charge >= 0.3 is 6.03 Å². The summed E-state index contributed by atoms with van der Waals surface area (Å²) in [5.41, 5.74) is 6.83. The molecule has 1 heterocycles. The summed E-state index contributed by atoms with van der Waals surface area (Å²) in [4.78, 5) is 49.0. The number of urea groups is 1. The van der Waals surface area contributed by atoms with Gasteiger partial charge in [0.25, 0.3) is 11.8 Å². The number of carbonyl (C=O) groups is 4. The van der Waals surface area contributed by atoms with Gasteiger partial charge in [0.2, 0.25) is 5.91 Å². The lowest BCUT2D eigenvalue weighted by atomic mass is 10.1. The Labute approximate surface area is 157 Å². The second-order valence-electron chi connectivity index (χ2n) is 7.45. The number of aryl methyl sites for hydroxylation is 2. The number of nitrogens with zero attached hydrogens (tertiary/aromatic N) is 1. The molecule has 2 aliphatic rings. The first kappa shape index (κ1) is 18.9. The minimum Gasteiger partial charge on any atom is -0.324 e. The van der Waals surface area contributed by atoms with Gasteiger partial charge < -0.3 is 5.32 Å². The Bertz CT molecular complexity index is 803. The van der Waals surface area contributed by atoms with E-state index in [1.807, 2.05) is 12.1 Å². The average molecular weight is 372 g/mol. The van der Waals surface area contributed by atoms with E-state index in [1.165, 1.54) is 11.1 Å². The Morgan fingerprint density at radius 2 is 1.89 bits per heavy atom. The molecule has 144 valence electrons. The van der Waals surface area contributed by atoms with E-state index in [-0.39, 0.29) is 30.7 Å². The maximum absolute atomic E-state index is 12.2. The summed E-state index contributed by atoms with van der Waals surface area (Å²) >= 11 is 0. The molecule has 5 amide bonds. The third kappa shape index (κ3) is 4.10. The van der Waals surface area contributed by atoms with Gasteiger partial charge in [0.05, 0.1) is 0 Å². The molecule has 0 unspecified atom stereocenters. The van der Waals surface area contributed by atoms with E-state index < -0.39 is 11.6 Å². The lowest BCUT2D eigenvalue weighted by molar-refractivity contribution is -0.130. The minimum atomic E-state index is -0.914. The van der Waals surface area contributed by atoms with Crippen LogP contribution in [0.1, 0.15) is 54.6 Å². The van der Waals surface area contributed by atoms with Crippen LogP contribution in [0.2, 0.25) is 0 Å². The second-order valence-corrected chi connectivity index (χ2v) is 7.45. The molecule has 3 rings (SSSR count). The predicted molar refractivity (Wildman–Crippen MR) is 97.6 cm³/mol. The third-order valence-electron chi connectivity index (χ3n) is 4.91. The standard InChI is InChI=1S/C19H24N4O4/c1-19(2)17(26)23(18(27)20-19)10-4-7-15(24)21-22-16(25)14-9-8-12-5-3-6-13(12)11-14/h8-9,11H,3-7,10H2,1-2H3,(H,20,27)(H,21,24)(H,22,25). The van der Waals surface area contributed by atoms with Gasteiger partial charge in [-0.25, -0.2) is 4.79 Å². The molecule has 27 heavy (non-hydrogen) atoms. The SMILES string of the molecule is CC1(C)NC(=O)N(CCCC(=O)NNC(=O)c2ccc3c(c2)CCC3)C1=O. The van der Waals surface area contributed by atoms with Gasteiger partial charge in [-0.15, -0.1) is 0 Å². The summed E-state index contributed by atoms with van der Waals surface area (Å²) in [6.45, 7) is 3.42. The van der Waals surface area contributed by atoms with Crippen molar-refractivity contribution in [2.24, 2.45) is 0 Å². The summed E-state index contributed by atoms with van der Waals surface area (Å²) in [6, 6.07) is 5.13. The number of carbonyl (C=O) groups excluding carboxylic acids is 4. The molecule has 8 heteroatoms. The van der Waals surface area contributed by atoms with Crippen molar-refractivity contribution in [2.75, 3.05) is 6.54 Å². The predicted octanol–water partition coefficient (Wildman–Crippen LogP) is 1.05. The molecule has 1 saturated heterocycles. The summed E-state index contributed by atoms with van der Waals surface area (Å²) in [6.07, 6.45) is 3.52. The van der Waals surface area contributed by atoms with Crippen molar-refractivity contribution in [1.82, 2.24) is 21.1 Å². The first-order valence-corrected chi connectivity index (χ1v) is 9.13. The average Bonchev–Trinajstić information content (AvgIpc) is 3.16. The van der Waals surface area contributed by atoms with Crippen molar-refractivity contribution in [1.29, 1.82) is 0 Å². The van der Waals surface area contributed by atoms with Crippen LogP contribution >= 0.6 is 0 Å². The van der Waals surface area contributed by atoms with E-state index in [0.29, 0.717) is 12.0 Å². The zero-order chi connectivity index (χ0) is 19.6. The molecule has 1 aliphatic carbocycles. The van der Waals surface area contributed by atoms with Crippen molar-refractivity contribution in [3.05, 3.63) is 34.9 Å². The van der Waals surface area contributed by atoms with E-state index in [0.717, 1.165) is 24.2 Å². The van der Waals surface area contributed by atoms with Crippen LogP contribution in [0.3, 0.4) is 0 Å². The maximum Gasteiger partial charge on any atom is 0.325 e. The van der Waals surface area contributed by atoms with Crippen LogP contribution in [0.4, 0.5) is 4.79 Å². The number of rotatable bonds is 5. The second kappa shape index (κ2) is 7.38. The molecule has 1 aromatic carbocycles. The number of hydrogen-bond donors (Lipinski definition) is 3. The van der Waals surface area contributed by atoms with E-state index >= 15 is 0 Å². The first-order chi connectivity index (χ1) is 12.8. The summed E-state index contributed by atoms with van der Waals surface area (Å²) < 4.78 is 0. The number of fused-ring (bicyclic) bond motifs is 1. The zero-order valence-corrected chi connectivity index (χ0v) is 15.6. The van der Waals surface area contributed by atoms with Gasteiger partial charge in [-0.3, -0.25) is 30.1 Å². The van der Waals surface area contributed by atoms with Gasteiger partial charge in [-0.2, -0.15) is 0 Å². The molecular formula is C19H24N4O4. The van der Waals surface area contributed by atoms with Gasteiger partial charge in [0.15, 0.2) is 0 Å². The van der Waals surface area contributed by atoms with Gasteiger partial charge in [0, 0.05) is 18.5 Å². The largest absolute Gasteiger partial charge is 0.325 e. The number of imide groups is 1. The quantitative estimate of drug-likeness (QED) is 0.530. The molecule has 0 atom stereocenters. The smallest absolute Gasteiger partial charge is 0.324 e. The lowest BCUT2D eigenvalue weighted by Crippen LogP contribution is -2.42. The van der Waals surface area contributed by atoms with Crippen molar-refractivity contribution >= 4 is 23.8 Å². The first-order valence-electron chi connectivity index (χ1n) is 9.13. The van der Waals surface area contributed by atoms with Crippen LogP contribution in [-0.2, 0) is 22.4 Å². The Kier molecular flexibility index (Phi) is 5.16. The molecule has 0 saturated carbocycles. The molecule has 3 N–H and O–H groups in total. The molecule has 1 aliphatic heterocycles. The van der Waals surface area contributed by atoms with Crippen LogP contribution < -0.4 is 16.2 Å². The lowest BCUT2D eigenvalue weighted by Gasteiger charge is -2.15. The Balaban J connectivity index is 1.42. The topological polar surface area (TPSA) is 108 Å². The zero-order valence-electron chi connectivity index (χ0n) is 15.6. The highest BCUT2D eigenvalue weighted by Crippen LogP contribution is 2.22. The monoisotopic (exact) mass is 372 g/mol. The fourth-order valence-corrected chi connectivity index (χ4v) is 3.39. The van der Waals surface area contributed by atoms with Crippen molar-refractivity contribution in [2.45, 2.75) is 51.5 Å². The van der Waals surface area contributed by atoms with Crippen LogP contribution in [-0.4, -0.2) is 40.7 Å². The van der Waals surface area contributed by atoms with Crippen molar-refractivity contribution in [3.8, 4) is 0 Å². The van der Waals surface area contributed by atoms with Crippen LogP contribution in [0, 0.1) is 0 Å². The third-order valence-corrected chi connectivity index (χ3v) is 4.91. The Morgan fingerprint density at radius 1 is 1.15 bits per heavy atom. The van der Waals surface area contributed by atoms with E-state index in [2.05, 4.69) is 16.2 Å². The highest BCUT2D eigenvalue weighted by molar-refractivity contribution is 6.06. The summed E-state index contributed by atoms with van der Waals surface area (Å²) in [5.74, 6) is -1.05. The van der Waals surface area contributed by atoms with Crippen LogP contribution in [0.25, 0.3) is 0 Å². The molecule has 8 nitrogen and oxygen atoms in total. The van der Waals surface area contributed by atoms with Crippen molar-refractivity contribution < 1.29 is 19.2 Å². The summed E-state index contributed by atoms with van der Waals surface area (Å²) in [7, 11) is 0. The highest BCUT2D eigenvalue weighted by Gasteiger charge is 2.43. The van der Waals surface area contributed by atoms with Gasteiger partial charge in [-0.05, 0) is 62.8 Å². The number of hydrazine groups is 1. The summed E-state index contributed by atoms with van der Waals surface area (Å²) in [5, 5.41) is 2.59. The van der Waals surface area contributed by atoms with E-state index in [4.69, 9.17) is 0 Å². The molecule has 0 radical (unpaired) electrons. The van der Waals surface area contributed by atoms with Gasteiger partial charge in [0.1, 0.15) is 5.54 Å². The molecular weight excluding hydrogens is 348 g/mol. The molecule has 0 spiro atoms. The van der Waals surface area contributed by atoms with Crippen LogP contribution in [0.15, 0.2) is 18.2 Å². The molecule has 0 aromatic heterocycles. The van der Waals surface area contributed by atoms with E-state index in [1.54, 1.807) is 19.9 Å². The highest BCUT2D eigenvalue weighted by atomic mass is 16.2. The number of amides is 5. The molecule has 1 aromatic rings. The fraction of sp³-hybridized carbons (Fsp3) is 0.474. The number of benzene rings is 1. The number of hydrogen-bond acceptors (Lipinski definition) is 4. The van der Waals surface area contributed by atoms with Crippen molar-refractivity contribution in [3.63, 3.8) is 0 Å². The molecule has 0 bridgehead atoms. The Morgan fingerprint density at radius 3 is 2.59 bits per heavy atom. The number of nitrogens with one attached hydrogen (secondary N) is 3. The van der Waals surface area contributed by atoms with Crippen LogP contribution in [0.5, 0.6) is 0 Å². The minimum absolute atomic E-state index is 0.0853. The fourth-order valence-electron chi connectivity index (χ4n) is 3.39. The Hall–Kier alpha value is -2.90.